The van der Waals surface area contributed by atoms with E-state index in [1.54, 1.807) is 18.0 Å². The maximum absolute atomic E-state index is 14.4. The van der Waals surface area contributed by atoms with Crippen molar-refractivity contribution in [1.82, 2.24) is 24.1 Å². The molecule has 2 unspecified atom stereocenters. The lowest BCUT2D eigenvalue weighted by Gasteiger charge is -2.37. The normalized spacial score (nSPS) is 26.4. The number of amides is 1. The van der Waals surface area contributed by atoms with Gasteiger partial charge in [0.05, 0.1) is 28.5 Å². The van der Waals surface area contributed by atoms with Gasteiger partial charge in [0, 0.05) is 51.2 Å². The van der Waals surface area contributed by atoms with E-state index in [9.17, 15) is 17.6 Å². The van der Waals surface area contributed by atoms with Crippen LogP contribution in [0.15, 0.2) is 42.7 Å². The number of rotatable bonds is 8. The van der Waals surface area contributed by atoms with E-state index in [1.807, 2.05) is 36.7 Å². The Morgan fingerprint density at radius 2 is 1.85 bits per heavy atom. The topological polar surface area (TPSA) is 87.5 Å². The summed E-state index contributed by atoms with van der Waals surface area (Å²) in [5.74, 6) is 1.58. The van der Waals surface area contributed by atoms with E-state index in [1.165, 1.54) is 24.0 Å². The molecular formula is C31H40FN5O3S. The molecule has 1 aromatic carbocycles. The molecule has 6 rings (SSSR count). The van der Waals surface area contributed by atoms with Crippen molar-refractivity contribution in [2.24, 2.45) is 17.8 Å². The van der Waals surface area contributed by atoms with Crippen LogP contribution >= 0.6 is 0 Å². The average molecular weight is 582 g/mol. The predicted molar refractivity (Wildman–Crippen MR) is 158 cm³/mol. The van der Waals surface area contributed by atoms with Crippen molar-refractivity contribution in [3.63, 3.8) is 0 Å². The number of hydrogen-bond acceptors (Lipinski definition) is 5. The first-order chi connectivity index (χ1) is 19.5. The highest BCUT2D eigenvalue weighted by molar-refractivity contribution is 7.88. The Morgan fingerprint density at radius 1 is 1.15 bits per heavy atom. The number of carbonyl (C=O) groups is 1. The van der Waals surface area contributed by atoms with E-state index in [-0.39, 0.29) is 18.0 Å². The number of halogens is 1. The van der Waals surface area contributed by atoms with Crippen LogP contribution in [0.25, 0.3) is 16.7 Å². The summed E-state index contributed by atoms with van der Waals surface area (Å²) in [4.78, 5) is 22.4. The predicted octanol–water partition coefficient (Wildman–Crippen LogP) is 4.40. The Labute approximate surface area is 242 Å². The summed E-state index contributed by atoms with van der Waals surface area (Å²) < 4.78 is 42.1. The second-order valence-corrected chi connectivity index (χ2v) is 14.6. The molecule has 41 heavy (non-hydrogen) atoms. The number of benzene rings is 1. The molecule has 220 valence electrons. The molecule has 0 radical (unpaired) electrons. The first-order valence-corrected chi connectivity index (χ1v) is 16.6. The highest BCUT2D eigenvalue weighted by atomic mass is 32.2. The van der Waals surface area contributed by atoms with Crippen molar-refractivity contribution in [3.05, 3.63) is 59.7 Å². The van der Waals surface area contributed by atoms with Gasteiger partial charge < -0.3 is 14.4 Å². The standard InChI is InChI=1S/C31H40FN5O3S/c1-19(2)35(3)31(38)26-14-24(32)7-8-28(26)37-18-27(30-29(37)6-5-9-33-30)21-12-22-16-36(17-23(22)13-21)15-20-10-25(11-20)34-41(4,39)40/h5-9,14,18-23,25,34H,10-13,15-17H2,1-4H3. The third-order valence-corrected chi connectivity index (χ3v) is 10.3. The van der Waals surface area contributed by atoms with Crippen molar-refractivity contribution in [3.8, 4) is 5.69 Å². The summed E-state index contributed by atoms with van der Waals surface area (Å²) in [6.07, 6.45) is 9.23. The average Bonchev–Trinajstić information content (AvgIpc) is 3.57. The van der Waals surface area contributed by atoms with Gasteiger partial charge >= 0.3 is 0 Å². The first-order valence-electron chi connectivity index (χ1n) is 14.7. The molecule has 10 heteroatoms. The zero-order valence-corrected chi connectivity index (χ0v) is 25.1. The van der Waals surface area contributed by atoms with Crippen molar-refractivity contribution in [2.75, 3.05) is 32.9 Å². The van der Waals surface area contributed by atoms with E-state index >= 15 is 0 Å². The maximum atomic E-state index is 14.4. The third-order valence-electron chi connectivity index (χ3n) is 9.53. The summed E-state index contributed by atoms with van der Waals surface area (Å²) in [6, 6.07) is 8.47. The number of nitrogens with zero attached hydrogens (tertiary/aromatic N) is 4. The maximum Gasteiger partial charge on any atom is 0.256 e. The second-order valence-electron chi connectivity index (χ2n) is 12.8. The Hall–Kier alpha value is -2.82. The number of sulfonamides is 1. The van der Waals surface area contributed by atoms with Crippen molar-refractivity contribution >= 4 is 27.0 Å². The van der Waals surface area contributed by atoms with Crippen LogP contribution in [0.3, 0.4) is 0 Å². The smallest absolute Gasteiger partial charge is 0.256 e. The Bertz CT molecular complexity index is 1550. The van der Waals surface area contributed by atoms with Gasteiger partial charge in [-0.05, 0) is 99.1 Å². The molecule has 8 nitrogen and oxygen atoms in total. The molecule has 3 heterocycles. The largest absolute Gasteiger partial charge is 0.339 e. The highest BCUT2D eigenvalue weighted by Gasteiger charge is 2.43. The van der Waals surface area contributed by atoms with Crippen LogP contribution in [0.5, 0.6) is 0 Å². The van der Waals surface area contributed by atoms with Crippen LogP contribution in [0.2, 0.25) is 0 Å². The fourth-order valence-corrected chi connectivity index (χ4v) is 8.14. The fourth-order valence-electron chi connectivity index (χ4n) is 7.34. The number of fused-ring (bicyclic) bond motifs is 2. The molecule has 3 fully saturated rings. The number of likely N-dealkylation sites (tertiary alicyclic amines) is 1. The minimum Gasteiger partial charge on any atom is -0.339 e. The summed E-state index contributed by atoms with van der Waals surface area (Å²) in [7, 11) is -1.38. The number of nitrogens with one attached hydrogen (secondary N) is 1. The highest BCUT2D eigenvalue weighted by Crippen LogP contribution is 2.48. The number of hydrogen-bond donors (Lipinski definition) is 1. The van der Waals surface area contributed by atoms with Gasteiger partial charge in [0.1, 0.15) is 5.82 Å². The van der Waals surface area contributed by atoms with Crippen LogP contribution in [-0.4, -0.2) is 78.7 Å². The van der Waals surface area contributed by atoms with Crippen LogP contribution < -0.4 is 4.72 Å². The molecule has 0 bridgehead atoms. The molecule has 3 aromatic rings. The molecule has 1 N–H and O–H groups in total. The van der Waals surface area contributed by atoms with Crippen molar-refractivity contribution < 1.29 is 17.6 Å². The number of aromatic nitrogens is 2. The fraction of sp³-hybridized carbons (Fsp3) is 0.548. The molecule has 1 saturated heterocycles. The molecular weight excluding hydrogens is 541 g/mol. The van der Waals surface area contributed by atoms with Crippen molar-refractivity contribution in [1.29, 1.82) is 0 Å². The minimum atomic E-state index is -3.13. The molecule has 2 aromatic heterocycles. The van der Waals surface area contributed by atoms with Gasteiger partial charge in [-0.2, -0.15) is 0 Å². The second kappa shape index (κ2) is 10.8. The third kappa shape index (κ3) is 5.66. The van der Waals surface area contributed by atoms with E-state index < -0.39 is 15.8 Å². The van der Waals surface area contributed by atoms with Crippen molar-refractivity contribution in [2.45, 2.75) is 57.5 Å². The SMILES string of the molecule is CC(C)N(C)C(=O)c1cc(F)ccc1-n1cc(C2CC3CN(CC4CC(NS(C)(=O)=O)C4)CC3C2)c2ncccc21. The number of carbonyl (C=O) groups excluding carboxylic acids is 1. The molecule has 3 aliphatic rings. The van der Waals surface area contributed by atoms with Gasteiger partial charge in [-0.15, -0.1) is 0 Å². The van der Waals surface area contributed by atoms with Gasteiger partial charge in [-0.1, -0.05) is 0 Å². The van der Waals surface area contributed by atoms with E-state index in [2.05, 4.69) is 15.8 Å². The monoisotopic (exact) mass is 581 g/mol. The van der Waals surface area contributed by atoms with Gasteiger partial charge in [0.2, 0.25) is 10.0 Å². The van der Waals surface area contributed by atoms with Gasteiger partial charge in [0.15, 0.2) is 0 Å². The Kier molecular flexibility index (Phi) is 7.45. The van der Waals surface area contributed by atoms with Crippen LogP contribution in [-0.2, 0) is 10.0 Å². The summed E-state index contributed by atoms with van der Waals surface area (Å²) in [6.45, 7) is 7.12. The van der Waals surface area contributed by atoms with Crippen LogP contribution in [0.1, 0.15) is 61.4 Å². The van der Waals surface area contributed by atoms with E-state index in [0.29, 0.717) is 34.9 Å². The van der Waals surface area contributed by atoms with E-state index in [0.717, 1.165) is 56.4 Å². The minimum absolute atomic E-state index is 0.00964. The summed E-state index contributed by atoms with van der Waals surface area (Å²) in [5, 5.41) is 0. The lowest BCUT2D eigenvalue weighted by atomic mass is 9.80. The van der Waals surface area contributed by atoms with Crippen LogP contribution in [0.4, 0.5) is 4.39 Å². The lowest BCUT2D eigenvalue weighted by molar-refractivity contribution is 0.0754. The molecule has 2 saturated carbocycles. The number of pyridine rings is 1. The van der Waals surface area contributed by atoms with Gasteiger partial charge in [0.25, 0.3) is 5.91 Å². The Balaban J connectivity index is 1.19. The van der Waals surface area contributed by atoms with E-state index in [4.69, 9.17) is 4.98 Å². The van der Waals surface area contributed by atoms with Gasteiger partial charge in [-0.3, -0.25) is 9.78 Å². The van der Waals surface area contributed by atoms with Gasteiger partial charge in [-0.25, -0.2) is 17.5 Å². The molecule has 0 spiro atoms. The van der Waals surface area contributed by atoms with Crippen LogP contribution in [0, 0.1) is 23.6 Å². The first kappa shape index (κ1) is 28.3. The molecule has 2 atom stereocenters. The quantitative estimate of drug-likeness (QED) is 0.426. The summed E-state index contributed by atoms with van der Waals surface area (Å²) >= 11 is 0. The Morgan fingerprint density at radius 3 is 2.51 bits per heavy atom. The zero-order valence-electron chi connectivity index (χ0n) is 24.3. The molecule has 1 amide bonds. The lowest BCUT2D eigenvalue weighted by Crippen LogP contribution is -2.47. The molecule has 1 aliphatic heterocycles. The summed E-state index contributed by atoms with van der Waals surface area (Å²) in [5.41, 5.74) is 4.10. The molecule has 2 aliphatic carbocycles. The zero-order chi connectivity index (χ0) is 29.1.